The minimum Gasteiger partial charge on any atom is -0.493 e. The lowest BCUT2D eigenvalue weighted by Gasteiger charge is -2.39. The lowest BCUT2D eigenvalue weighted by atomic mass is 9.76. The van der Waals surface area contributed by atoms with E-state index >= 15 is 0 Å². The molecule has 1 heterocycles. The Bertz CT molecular complexity index is 1410. The molecule has 0 radical (unpaired) electrons. The number of hydrogen-bond donors (Lipinski definition) is 1. The Morgan fingerprint density at radius 2 is 1.92 bits per heavy atom. The van der Waals surface area contributed by atoms with Crippen molar-refractivity contribution in [2.24, 2.45) is 5.92 Å². The van der Waals surface area contributed by atoms with Crippen molar-refractivity contribution in [2.75, 3.05) is 19.5 Å². The van der Waals surface area contributed by atoms with Gasteiger partial charge < -0.3 is 19.5 Å². The first-order chi connectivity index (χ1) is 17.8. The quantitative estimate of drug-likeness (QED) is 0.227. The van der Waals surface area contributed by atoms with E-state index in [0.29, 0.717) is 39.6 Å². The third-order valence-electron chi connectivity index (χ3n) is 7.18. The maximum Gasteiger partial charge on any atom is 0.338 e. The molecule has 1 aliphatic heterocycles. The number of benzene rings is 3. The Hall–Kier alpha value is -2.67. The summed E-state index contributed by atoms with van der Waals surface area (Å²) in [5.41, 5.74) is 5.61. The second-order valence-corrected chi connectivity index (χ2v) is 10.9. The monoisotopic (exact) mass is 601 g/mol. The van der Waals surface area contributed by atoms with Crippen molar-refractivity contribution in [2.45, 2.75) is 31.9 Å². The van der Waals surface area contributed by atoms with Crippen molar-refractivity contribution in [3.63, 3.8) is 0 Å². The average molecular weight is 603 g/mol. The van der Waals surface area contributed by atoms with Crippen LogP contribution in [-0.4, -0.2) is 20.2 Å². The first kappa shape index (κ1) is 26.0. The lowest BCUT2D eigenvalue weighted by Crippen LogP contribution is -2.30. The van der Waals surface area contributed by atoms with Crippen LogP contribution in [0.3, 0.4) is 0 Å². The van der Waals surface area contributed by atoms with Gasteiger partial charge in [0.15, 0.2) is 11.5 Å². The molecule has 2 aliphatic rings. The predicted molar refractivity (Wildman–Crippen MR) is 150 cm³/mol. The van der Waals surface area contributed by atoms with Gasteiger partial charge in [-0.25, -0.2) is 4.79 Å². The van der Waals surface area contributed by atoms with Crippen molar-refractivity contribution >= 4 is 50.8 Å². The summed E-state index contributed by atoms with van der Waals surface area (Å²) in [7, 11) is 3.04. The number of halogens is 3. The zero-order chi connectivity index (χ0) is 26.3. The van der Waals surface area contributed by atoms with E-state index < -0.39 is 0 Å². The fourth-order valence-electron chi connectivity index (χ4n) is 5.32. The van der Waals surface area contributed by atoms with Gasteiger partial charge in [-0.1, -0.05) is 47.5 Å². The first-order valence-corrected chi connectivity index (χ1v) is 13.5. The maximum absolute atomic E-state index is 12.3. The van der Waals surface area contributed by atoms with Crippen molar-refractivity contribution < 1.29 is 19.0 Å². The van der Waals surface area contributed by atoms with Crippen molar-refractivity contribution in [3.05, 3.63) is 97.0 Å². The summed E-state index contributed by atoms with van der Waals surface area (Å²) in [6, 6.07) is 13.4. The van der Waals surface area contributed by atoms with Gasteiger partial charge in [-0.3, -0.25) is 0 Å². The zero-order valence-electron chi connectivity index (χ0n) is 20.6. The summed E-state index contributed by atoms with van der Waals surface area (Å²) in [6.07, 6.45) is 5.47. The van der Waals surface area contributed by atoms with Crippen LogP contribution >= 0.6 is 39.1 Å². The maximum atomic E-state index is 12.3. The molecule has 1 aliphatic carbocycles. The van der Waals surface area contributed by atoms with E-state index in [1.807, 2.05) is 31.2 Å². The van der Waals surface area contributed by atoms with Crippen LogP contribution in [0.15, 0.2) is 59.1 Å². The standard InChI is InChI=1S/C29H26BrCl2NO4/c1-15-18(29(34)36-3)8-9-21-19-5-4-6-20(19)27(33-26(15)21)17-12-22(30)28(25(13-17)35-2)37-14-16-7-10-23(31)24(32)11-16/h4-5,7-13,19-20,27,33H,6,14H2,1-3H3/t19-,20+,27+/m0/s1. The summed E-state index contributed by atoms with van der Waals surface area (Å²) < 4.78 is 17.7. The summed E-state index contributed by atoms with van der Waals surface area (Å²) >= 11 is 15.9. The van der Waals surface area contributed by atoms with Gasteiger partial charge in [0.2, 0.25) is 0 Å². The highest BCUT2D eigenvalue weighted by atomic mass is 79.9. The number of carbonyl (C=O) groups excluding carboxylic acids is 1. The zero-order valence-corrected chi connectivity index (χ0v) is 23.7. The van der Waals surface area contributed by atoms with Gasteiger partial charge in [-0.15, -0.1) is 0 Å². The lowest BCUT2D eigenvalue weighted by molar-refractivity contribution is 0.0600. The molecule has 0 unspecified atom stereocenters. The molecule has 5 rings (SSSR count). The number of esters is 1. The highest BCUT2D eigenvalue weighted by molar-refractivity contribution is 9.10. The van der Waals surface area contributed by atoms with Gasteiger partial charge >= 0.3 is 5.97 Å². The number of rotatable bonds is 6. The van der Waals surface area contributed by atoms with E-state index in [0.717, 1.165) is 33.3 Å². The van der Waals surface area contributed by atoms with Crippen LogP contribution in [-0.2, 0) is 11.3 Å². The Balaban J connectivity index is 1.48. The van der Waals surface area contributed by atoms with Crippen LogP contribution in [0.5, 0.6) is 11.5 Å². The van der Waals surface area contributed by atoms with E-state index in [2.05, 4.69) is 39.5 Å². The minimum absolute atomic E-state index is 0.00780. The highest BCUT2D eigenvalue weighted by Crippen LogP contribution is 2.52. The van der Waals surface area contributed by atoms with Crippen LogP contribution in [0.2, 0.25) is 10.0 Å². The first-order valence-electron chi connectivity index (χ1n) is 11.9. The fraction of sp³-hybridized carbons (Fsp3) is 0.276. The van der Waals surface area contributed by atoms with Crippen LogP contribution in [0.25, 0.3) is 0 Å². The molecule has 37 heavy (non-hydrogen) atoms. The molecule has 1 N–H and O–H groups in total. The van der Waals surface area contributed by atoms with E-state index in [-0.39, 0.29) is 17.9 Å². The largest absolute Gasteiger partial charge is 0.493 e. The van der Waals surface area contributed by atoms with Crippen LogP contribution < -0.4 is 14.8 Å². The fourth-order valence-corrected chi connectivity index (χ4v) is 6.21. The number of methoxy groups -OCH3 is 2. The van der Waals surface area contributed by atoms with E-state index in [4.69, 9.17) is 37.4 Å². The second-order valence-electron chi connectivity index (χ2n) is 9.24. The van der Waals surface area contributed by atoms with Gasteiger partial charge in [-0.05, 0) is 87.8 Å². The molecular weight excluding hydrogens is 577 g/mol. The van der Waals surface area contributed by atoms with Gasteiger partial charge in [0, 0.05) is 11.6 Å². The van der Waals surface area contributed by atoms with Crippen molar-refractivity contribution in [3.8, 4) is 11.5 Å². The van der Waals surface area contributed by atoms with Gasteiger partial charge in [0.05, 0.1) is 40.3 Å². The molecule has 0 aromatic heterocycles. The molecule has 0 bridgehead atoms. The van der Waals surface area contributed by atoms with Gasteiger partial charge in [-0.2, -0.15) is 0 Å². The molecule has 0 fully saturated rings. The molecule has 192 valence electrons. The van der Waals surface area contributed by atoms with Crippen molar-refractivity contribution in [1.29, 1.82) is 0 Å². The second kappa shape index (κ2) is 10.6. The van der Waals surface area contributed by atoms with Crippen LogP contribution in [0.1, 0.15) is 51.0 Å². The topological polar surface area (TPSA) is 56.8 Å². The van der Waals surface area contributed by atoms with Gasteiger partial charge in [0.25, 0.3) is 0 Å². The number of allylic oxidation sites excluding steroid dienone is 2. The SMILES string of the molecule is COC(=O)c1ccc2c(c1C)N[C@H](c1cc(Br)c(OCc3ccc(Cl)c(Cl)c3)c(OC)c1)[C@@H]1CC=C[C@H]21. The molecule has 3 atom stereocenters. The molecule has 0 amide bonds. The Labute approximate surface area is 234 Å². The third-order valence-corrected chi connectivity index (χ3v) is 8.51. The summed E-state index contributed by atoms with van der Waals surface area (Å²) in [5.74, 6) is 1.48. The number of anilines is 1. The number of carbonyl (C=O) groups is 1. The predicted octanol–water partition coefficient (Wildman–Crippen LogP) is 8.27. The normalized spacial score (nSPS) is 19.6. The molecule has 0 saturated carbocycles. The summed E-state index contributed by atoms with van der Waals surface area (Å²) in [5, 5.41) is 4.74. The molecule has 0 spiro atoms. The third kappa shape index (κ3) is 4.83. The number of nitrogens with one attached hydrogen (secondary N) is 1. The summed E-state index contributed by atoms with van der Waals surface area (Å²) in [6.45, 7) is 2.27. The molecule has 8 heteroatoms. The van der Waals surface area contributed by atoms with Crippen molar-refractivity contribution in [1.82, 2.24) is 0 Å². The van der Waals surface area contributed by atoms with E-state index in [1.165, 1.54) is 12.7 Å². The molecule has 5 nitrogen and oxygen atoms in total. The Morgan fingerprint density at radius 3 is 2.65 bits per heavy atom. The Morgan fingerprint density at radius 1 is 1.11 bits per heavy atom. The van der Waals surface area contributed by atoms with E-state index in [9.17, 15) is 4.79 Å². The minimum atomic E-state index is -0.337. The molecular formula is C29H26BrCl2NO4. The van der Waals surface area contributed by atoms with Crippen LogP contribution in [0.4, 0.5) is 5.69 Å². The average Bonchev–Trinajstić information content (AvgIpc) is 3.39. The van der Waals surface area contributed by atoms with Gasteiger partial charge in [0.1, 0.15) is 6.61 Å². The molecule has 3 aromatic rings. The molecule has 3 aromatic carbocycles. The number of fused-ring (bicyclic) bond motifs is 3. The van der Waals surface area contributed by atoms with Crippen LogP contribution in [0, 0.1) is 12.8 Å². The van der Waals surface area contributed by atoms with E-state index in [1.54, 1.807) is 19.2 Å². The number of ether oxygens (including phenoxy) is 3. The summed E-state index contributed by atoms with van der Waals surface area (Å²) in [4.78, 5) is 12.3. The molecule has 0 saturated heterocycles. The highest BCUT2D eigenvalue weighted by Gasteiger charge is 2.39. The smallest absolute Gasteiger partial charge is 0.338 e. The number of hydrogen-bond acceptors (Lipinski definition) is 5. The Kier molecular flexibility index (Phi) is 7.44.